The lowest BCUT2D eigenvalue weighted by atomic mass is 9.82. The summed E-state index contributed by atoms with van der Waals surface area (Å²) in [4.78, 5) is 19.0. The number of ether oxygens (including phenoxy) is 4. The molecular weight excluding hydrogens is 1350 g/mol. The maximum atomic E-state index is 5.68. The summed E-state index contributed by atoms with van der Waals surface area (Å²) in [6.07, 6.45) is 0. The summed E-state index contributed by atoms with van der Waals surface area (Å²) in [5.41, 5.74) is 22.5. The van der Waals surface area contributed by atoms with E-state index in [0.29, 0.717) is 0 Å². The molecule has 4 aliphatic heterocycles. The first-order chi connectivity index (χ1) is 51.3. The Morgan fingerprint density at radius 2 is 0.413 bits per heavy atom. The van der Waals surface area contributed by atoms with Crippen molar-refractivity contribution in [3.05, 3.63) is 303 Å². The summed E-state index contributed by atoms with van der Waals surface area (Å²) < 4.78 is 22.7. The van der Waals surface area contributed by atoms with Gasteiger partial charge < -0.3 is 38.5 Å². The van der Waals surface area contributed by atoms with E-state index in [1.165, 1.54) is 71.5 Å². The van der Waals surface area contributed by atoms with Crippen LogP contribution in [0, 0.1) is 0 Å². The summed E-state index contributed by atoms with van der Waals surface area (Å²) in [5.74, 6) is 3.28. The van der Waals surface area contributed by atoms with Gasteiger partial charge in [0.05, 0.1) is 73.9 Å². The zero-order chi connectivity index (χ0) is 69.3. The number of anilines is 12. The number of para-hydroxylation sites is 4. The van der Waals surface area contributed by atoms with Crippen LogP contribution in [0.25, 0.3) is 76.8 Å². The minimum Gasteiger partial charge on any atom is -0.497 e. The number of methoxy groups -OCH3 is 4. The van der Waals surface area contributed by atoms with Crippen LogP contribution in [0.4, 0.5) is 68.2 Å². The molecule has 104 heavy (non-hydrogen) atoms. The number of hydrogen-bond acceptors (Lipinski definition) is 12. The van der Waals surface area contributed by atoms with Crippen molar-refractivity contribution in [3.8, 4) is 67.5 Å². The smallest absolute Gasteiger partial charge is 0.119 e. The molecule has 0 aromatic heterocycles. The molecule has 0 saturated heterocycles. The van der Waals surface area contributed by atoms with Gasteiger partial charge in [0.1, 0.15) is 23.0 Å². The largest absolute Gasteiger partial charge is 0.497 e. The fourth-order valence-corrected chi connectivity index (χ4v) is 20.1. The predicted octanol–water partition coefficient (Wildman–Crippen LogP) is 27.0. The standard InChI is InChI=1S/C92H62N4O4S4/c1-97-63-33-25-59(26-34-63)93-75-13-5-9-17-83(75)101-87-49-55(21-45-79(87)93)71-53-72(56-22-46-80-88(50-56)102-84-18-10-6-14-76(84)94(80)60-27-35-64(98-2)36-28-60)68-43-44-70-74(58-24-48-82-90(52-58)104-86-20-12-8-16-78(86)96(82)62-31-39-66(100-4)40-32-62)54-73(69-42-41-67(71)91(68)92(69)70)57-23-47-81-89(51-57)103-85-19-11-7-15-77(85)95(81)61-29-37-65(99-3)38-30-61/h5-54H,1-4H3. The zero-order valence-corrected chi connectivity index (χ0v) is 60.2. The molecule has 12 heteroatoms. The topological polar surface area (TPSA) is 49.9 Å². The number of nitrogens with zero attached hydrogens (tertiary/aromatic N) is 4. The molecule has 0 amide bonds. The lowest BCUT2D eigenvalue weighted by Gasteiger charge is -2.33. The van der Waals surface area contributed by atoms with Gasteiger partial charge in [-0.25, -0.2) is 0 Å². The van der Waals surface area contributed by atoms with Crippen molar-refractivity contribution in [3.63, 3.8) is 0 Å². The summed E-state index contributed by atoms with van der Waals surface area (Å²) in [6, 6.07) is 112. The molecule has 0 unspecified atom stereocenters. The third-order valence-corrected chi connectivity index (χ3v) is 25.0. The Hall–Kier alpha value is -11.6. The zero-order valence-electron chi connectivity index (χ0n) is 56.9. The van der Waals surface area contributed by atoms with Gasteiger partial charge in [0, 0.05) is 61.9 Å². The first-order valence-corrected chi connectivity index (χ1v) is 37.8. The second-order valence-electron chi connectivity index (χ2n) is 26.2. The summed E-state index contributed by atoms with van der Waals surface area (Å²) in [7, 11) is 6.89. The predicted molar refractivity (Wildman–Crippen MR) is 433 cm³/mol. The van der Waals surface area contributed by atoms with Crippen molar-refractivity contribution in [2.75, 3.05) is 48.0 Å². The molecule has 0 fully saturated rings. The first kappa shape index (κ1) is 62.2. The summed E-state index contributed by atoms with van der Waals surface area (Å²) in [5, 5.41) is 7.19. The molecule has 16 aromatic rings. The molecule has 4 heterocycles. The van der Waals surface area contributed by atoms with Crippen molar-refractivity contribution in [1.82, 2.24) is 0 Å². The number of rotatable bonds is 12. The van der Waals surface area contributed by atoms with Crippen LogP contribution in [-0.4, -0.2) is 28.4 Å². The Bertz CT molecular complexity index is 5410. The molecule has 0 N–H and O–H groups in total. The van der Waals surface area contributed by atoms with Crippen molar-refractivity contribution in [1.29, 1.82) is 0 Å². The molecule has 0 radical (unpaired) electrons. The molecule has 498 valence electrons. The highest BCUT2D eigenvalue weighted by Crippen LogP contribution is 2.60. The molecule has 0 spiro atoms. The van der Waals surface area contributed by atoms with E-state index in [2.05, 4.69) is 274 Å². The average Bonchev–Trinajstić information content (AvgIpc) is 0.703. The van der Waals surface area contributed by atoms with E-state index in [9.17, 15) is 0 Å². The van der Waals surface area contributed by atoms with Crippen LogP contribution in [0.2, 0.25) is 0 Å². The Morgan fingerprint density at radius 1 is 0.202 bits per heavy atom. The monoisotopic (exact) mass is 1410 g/mol. The summed E-state index contributed by atoms with van der Waals surface area (Å²) >= 11 is 7.33. The van der Waals surface area contributed by atoms with Crippen molar-refractivity contribution in [2.24, 2.45) is 0 Å². The van der Waals surface area contributed by atoms with Gasteiger partial charge >= 0.3 is 0 Å². The number of fused-ring (bicyclic) bond motifs is 8. The van der Waals surface area contributed by atoms with E-state index in [1.807, 2.05) is 95.6 Å². The Kier molecular flexibility index (Phi) is 15.0. The van der Waals surface area contributed by atoms with Crippen LogP contribution in [0.15, 0.2) is 342 Å². The molecular formula is C92H62N4O4S4. The highest BCUT2D eigenvalue weighted by Gasteiger charge is 2.32. The van der Waals surface area contributed by atoms with E-state index in [1.54, 1.807) is 28.4 Å². The minimum absolute atomic E-state index is 0.819. The second-order valence-corrected chi connectivity index (χ2v) is 30.5. The Morgan fingerprint density at radius 3 is 0.635 bits per heavy atom. The number of benzene rings is 16. The van der Waals surface area contributed by atoms with Gasteiger partial charge in [-0.1, -0.05) is 144 Å². The van der Waals surface area contributed by atoms with Crippen molar-refractivity contribution in [2.45, 2.75) is 39.2 Å². The minimum atomic E-state index is 0.819. The van der Waals surface area contributed by atoms with Crippen molar-refractivity contribution >= 4 is 148 Å². The van der Waals surface area contributed by atoms with Gasteiger partial charge in [-0.05, 0) is 283 Å². The average molecular weight is 1420 g/mol. The lowest BCUT2D eigenvalue weighted by molar-refractivity contribution is 0.414. The molecule has 16 aromatic carbocycles. The van der Waals surface area contributed by atoms with Crippen LogP contribution in [0.1, 0.15) is 0 Å². The van der Waals surface area contributed by atoms with Crippen LogP contribution in [-0.2, 0) is 0 Å². The molecule has 0 atom stereocenters. The van der Waals surface area contributed by atoms with Gasteiger partial charge in [-0.3, -0.25) is 0 Å². The highest BCUT2D eigenvalue weighted by atomic mass is 32.2. The van der Waals surface area contributed by atoms with Crippen LogP contribution >= 0.6 is 47.0 Å². The molecule has 8 nitrogen and oxygen atoms in total. The van der Waals surface area contributed by atoms with Crippen LogP contribution in [0.5, 0.6) is 23.0 Å². The fraction of sp³-hybridized carbons (Fsp3) is 0.0435. The fourth-order valence-electron chi connectivity index (χ4n) is 15.7. The second kappa shape index (κ2) is 25.1. The van der Waals surface area contributed by atoms with Crippen LogP contribution < -0.4 is 38.5 Å². The van der Waals surface area contributed by atoms with Gasteiger partial charge in [0.25, 0.3) is 0 Å². The summed E-state index contributed by atoms with van der Waals surface area (Å²) in [6.45, 7) is 0. The Labute approximate surface area is 620 Å². The van der Waals surface area contributed by atoms with Crippen molar-refractivity contribution < 1.29 is 18.9 Å². The molecule has 4 aliphatic rings. The molecule has 0 bridgehead atoms. The lowest BCUT2D eigenvalue weighted by Crippen LogP contribution is -2.14. The quantitative estimate of drug-likeness (QED) is 0.110. The first-order valence-electron chi connectivity index (χ1n) is 34.5. The molecule has 0 saturated carbocycles. The van der Waals surface area contributed by atoms with Gasteiger partial charge in [0.15, 0.2) is 0 Å². The van der Waals surface area contributed by atoms with Gasteiger partial charge in [-0.2, -0.15) is 0 Å². The highest BCUT2D eigenvalue weighted by molar-refractivity contribution is 8.00. The van der Waals surface area contributed by atoms with Gasteiger partial charge in [0.2, 0.25) is 0 Å². The maximum Gasteiger partial charge on any atom is 0.119 e. The van der Waals surface area contributed by atoms with E-state index in [4.69, 9.17) is 18.9 Å². The SMILES string of the molecule is COc1ccc(N2c3ccccc3Sc3cc(-c4cc(-c5ccc6c(c5)Sc5ccccc5N6c5ccc(OC)cc5)c5ccc6c(-c7ccc8c(c7)Sc7ccccc7N8c7ccc(OC)cc7)cc(-c7ccc8c(c7)Sc7ccccc7N8c7ccc(OC)cc7)c7ccc4c5c76)ccc32)cc1. The van der Waals surface area contributed by atoms with E-state index in [-0.39, 0.29) is 0 Å². The van der Waals surface area contributed by atoms with Gasteiger partial charge in [-0.15, -0.1) is 0 Å². The molecule has 0 aliphatic carbocycles. The third kappa shape index (κ3) is 10.2. The number of hydrogen-bond donors (Lipinski definition) is 0. The van der Waals surface area contributed by atoms with Crippen LogP contribution in [0.3, 0.4) is 0 Å². The Balaban J connectivity index is 0.836. The van der Waals surface area contributed by atoms with E-state index in [0.717, 1.165) is 136 Å². The van der Waals surface area contributed by atoms with E-state index < -0.39 is 0 Å². The molecule has 20 rings (SSSR count). The third-order valence-electron chi connectivity index (χ3n) is 20.6. The maximum absolute atomic E-state index is 5.68. The van der Waals surface area contributed by atoms with E-state index >= 15 is 0 Å². The normalized spacial score (nSPS) is 13.2.